The van der Waals surface area contributed by atoms with Crippen LogP contribution >= 0.6 is 0 Å². The molecule has 1 atom stereocenters. The molecule has 30 heavy (non-hydrogen) atoms. The van der Waals surface area contributed by atoms with E-state index in [0.717, 1.165) is 28.8 Å². The highest BCUT2D eigenvalue weighted by molar-refractivity contribution is 5.99. The van der Waals surface area contributed by atoms with Crippen LogP contribution in [-0.2, 0) is 24.1 Å². The maximum absolute atomic E-state index is 12.9. The van der Waals surface area contributed by atoms with E-state index in [0.29, 0.717) is 29.2 Å². The van der Waals surface area contributed by atoms with E-state index in [4.69, 9.17) is 10.5 Å². The zero-order valence-corrected chi connectivity index (χ0v) is 16.3. The highest BCUT2D eigenvalue weighted by Crippen LogP contribution is 2.38. The van der Waals surface area contributed by atoms with E-state index < -0.39 is 11.7 Å². The molecule has 0 fully saturated rings. The van der Waals surface area contributed by atoms with Gasteiger partial charge in [-0.25, -0.2) is 4.98 Å². The Bertz CT molecular complexity index is 1130. The minimum atomic E-state index is -4.45. The summed E-state index contributed by atoms with van der Waals surface area (Å²) in [4.78, 5) is 22.5. The van der Waals surface area contributed by atoms with Crippen molar-refractivity contribution in [2.75, 3.05) is 12.8 Å². The molecule has 0 bridgehead atoms. The van der Waals surface area contributed by atoms with Crippen LogP contribution in [0.25, 0.3) is 10.9 Å². The Hall–Kier alpha value is -3.20. The van der Waals surface area contributed by atoms with Gasteiger partial charge in [0.15, 0.2) is 0 Å². The molecule has 0 radical (unpaired) electrons. The molecular weight excluding hydrogens is 397 g/mol. The monoisotopic (exact) mass is 416 g/mol. The zero-order valence-electron chi connectivity index (χ0n) is 16.3. The lowest BCUT2D eigenvalue weighted by molar-refractivity contribution is -0.137. The van der Waals surface area contributed by atoms with Crippen molar-refractivity contribution in [3.8, 4) is 0 Å². The van der Waals surface area contributed by atoms with Crippen LogP contribution in [0.15, 0.2) is 36.5 Å². The molecule has 0 spiro atoms. The number of nitrogens with zero attached hydrogens (tertiary/aromatic N) is 3. The van der Waals surface area contributed by atoms with Crippen LogP contribution in [0.1, 0.15) is 45.8 Å². The van der Waals surface area contributed by atoms with Crippen LogP contribution in [0.4, 0.5) is 19.0 Å². The lowest BCUT2D eigenvalue weighted by Crippen LogP contribution is -2.26. The van der Waals surface area contributed by atoms with E-state index in [2.05, 4.69) is 9.97 Å². The van der Waals surface area contributed by atoms with Crippen molar-refractivity contribution in [2.45, 2.75) is 32.4 Å². The summed E-state index contributed by atoms with van der Waals surface area (Å²) < 4.78 is 43.7. The molecule has 156 valence electrons. The number of fused-ring (bicyclic) bond motifs is 3. The van der Waals surface area contributed by atoms with Gasteiger partial charge in [-0.15, -0.1) is 0 Å². The molecular formula is C21H19F3N4O2. The number of carbonyl (C=O) groups excluding carboxylic acids is 1. The van der Waals surface area contributed by atoms with Crippen molar-refractivity contribution in [2.24, 2.45) is 0 Å². The SMILES string of the molecule is C[C@H]1OCc2c1c(N)nc1ccc(C(=O)N(C)Cc3ccc(C(F)(F)F)cn3)cc21. The molecule has 1 aromatic carbocycles. The molecule has 3 aromatic rings. The van der Waals surface area contributed by atoms with Crippen LogP contribution in [0.2, 0.25) is 0 Å². The Labute approximate surface area is 170 Å². The van der Waals surface area contributed by atoms with Gasteiger partial charge in [0.2, 0.25) is 0 Å². The minimum absolute atomic E-state index is 0.0766. The van der Waals surface area contributed by atoms with E-state index in [1.807, 2.05) is 6.92 Å². The molecule has 1 aliphatic heterocycles. The highest BCUT2D eigenvalue weighted by Gasteiger charge is 2.31. The van der Waals surface area contributed by atoms with Crippen LogP contribution in [0.3, 0.4) is 0 Å². The van der Waals surface area contributed by atoms with Gasteiger partial charge in [-0.2, -0.15) is 13.2 Å². The fourth-order valence-electron chi connectivity index (χ4n) is 3.62. The van der Waals surface area contributed by atoms with E-state index in [1.165, 1.54) is 11.0 Å². The van der Waals surface area contributed by atoms with E-state index in [-0.39, 0.29) is 18.6 Å². The second kappa shape index (κ2) is 7.24. The van der Waals surface area contributed by atoms with Gasteiger partial charge < -0.3 is 15.4 Å². The third kappa shape index (κ3) is 3.56. The Morgan fingerprint density at radius 1 is 1.30 bits per heavy atom. The quantitative estimate of drug-likeness (QED) is 0.695. The summed E-state index contributed by atoms with van der Waals surface area (Å²) in [6.45, 7) is 2.37. The predicted octanol–water partition coefficient (Wildman–Crippen LogP) is 4.09. The molecule has 4 rings (SSSR count). The summed E-state index contributed by atoms with van der Waals surface area (Å²) in [6, 6.07) is 7.36. The van der Waals surface area contributed by atoms with Gasteiger partial charge in [0.05, 0.1) is 36.0 Å². The van der Waals surface area contributed by atoms with E-state index in [9.17, 15) is 18.0 Å². The lowest BCUT2D eigenvalue weighted by Gasteiger charge is -2.18. The van der Waals surface area contributed by atoms with Gasteiger partial charge in [0.25, 0.3) is 5.91 Å². The number of carbonyl (C=O) groups is 1. The number of benzene rings is 1. The summed E-state index contributed by atoms with van der Waals surface area (Å²) in [5.41, 5.74) is 8.46. The third-order valence-corrected chi connectivity index (χ3v) is 5.19. The average Bonchev–Trinajstić information content (AvgIpc) is 3.09. The van der Waals surface area contributed by atoms with Crippen molar-refractivity contribution < 1.29 is 22.7 Å². The zero-order chi connectivity index (χ0) is 21.6. The number of alkyl halides is 3. The number of nitrogen functional groups attached to an aromatic ring is 1. The van der Waals surface area contributed by atoms with E-state index in [1.54, 1.807) is 25.2 Å². The molecule has 0 saturated heterocycles. The van der Waals surface area contributed by atoms with Crippen LogP contribution < -0.4 is 5.73 Å². The van der Waals surface area contributed by atoms with Gasteiger partial charge in [0, 0.05) is 29.8 Å². The van der Waals surface area contributed by atoms with Gasteiger partial charge in [-0.05, 0) is 42.8 Å². The Balaban J connectivity index is 1.59. The Kier molecular flexibility index (Phi) is 4.85. The standard InChI is InChI=1S/C21H19F3N4O2/c1-11-18-16(10-30-11)15-7-12(3-6-17(15)27-19(18)25)20(29)28(2)9-14-5-4-13(8-26-14)21(22,23)24/h3-8,11H,9-10H2,1-2H3,(H2,25,27)/t11-/m1/s1. The van der Waals surface area contributed by atoms with Crippen molar-refractivity contribution in [3.63, 3.8) is 0 Å². The number of pyridine rings is 2. The summed E-state index contributed by atoms with van der Waals surface area (Å²) in [7, 11) is 1.57. The average molecular weight is 416 g/mol. The summed E-state index contributed by atoms with van der Waals surface area (Å²) >= 11 is 0. The Morgan fingerprint density at radius 2 is 2.07 bits per heavy atom. The number of rotatable bonds is 3. The summed E-state index contributed by atoms with van der Waals surface area (Å²) in [5, 5.41) is 0.801. The first kappa shape index (κ1) is 20.1. The fraction of sp³-hybridized carbons (Fsp3) is 0.286. The normalized spacial score (nSPS) is 16.0. The second-order valence-electron chi connectivity index (χ2n) is 7.27. The van der Waals surface area contributed by atoms with Crippen LogP contribution in [0.5, 0.6) is 0 Å². The van der Waals surface area contributed by atoms with Gasteiger partial charge >= 0.3 is 6.18 Å². The first-order valence-electron chi connectivity index (χ1n) is 9.26. The van der Waals surface area contributed by atoms with Crippen molar-refractivity contribution in [1.29, 1.82) is 0 Å². The number of aromatic nitrogens is 2. The number of amides is 1. The van der Waals surface area contributed by atoms with Crippen LogP contribution in [0, 0.1) is 0 Å². The predicted molar refractivity (Wildman–Crippen MR) is 104 cm³/mol. The highest BCUT2D eigenvalue weighted by atomic mass is 19.4. The molecule has 0 aliphatic carbocycles. The third-order valence-electron chi connectivity index (χ3n) is 5.19. The Morgan fingerprint density at radius 3 is 2.73 bits per heavy atom. The molecule has 9 heteroatoms. The number of ether oxygens (including phenoxy) is 1. The van der Waals surface area contributed by atoms with Crippen LogP contribution in [-0.4, -0.2) is 27.8 Å². The smallest absolute Gasteiger partial charge is 0.383 e. The molecule has 1 aliphatic rings. The molecule has 2 N–H and O–H groups in total. The topological polar surface area (TPSA) is 81.3 Å². The van der Waals surface area contributed by atoms with Crippen molar-refractivity contribution in [3.05, 3.63) is 64.5 Å². The maximum Gasteiger partial charge on any atom is 0.417 e. The molecule has 1 amide bonds. The lowest BCUT2D eigenvalue weighted by atomic mass is 10.00. The molecule has 6 nitrogen and oxygen atoms in total. The maximum atomic E-state index is 12.9. The van der Waals surface area contributed by atoms with Crippen molar-refractivity contribution >= 4 is 22.6 Å². The van der Waals surface area contributed by atoms with Crippen molar-refractivity contribution in [1.82, 2.24) is 14.9 Å². The van der Waals surface area contributed by atoms with Gasteiger partial charge in [0.1, 0.15) is 5.82 Å². The summed E-state index contributed by atoms with van der Waals surface area (Å²) in [6.07, 6.45) is -3.84. The number of halogens is 3. The fourth-order valence-corrected chi connectivity index (χ4v) is 3.62. The molecule has 3 heterocycles. The second-order valence-corrected chi connectivity index (χ2v) is 7.27. The number of nitrogens with two attached hydrogens (primary N) is 1. The molecule has 0 unspecified atom stereocenters. The van der Waals surface area contributed by atoms with Gasteiger partial charge in [-0.1, -0.05) is 0 Å². The first-order valence-corrected chi connectivity index (χ1v) is 9.26. The number of hydrogen-bond acceptors (Lipinski definition) is 5. The van der Waals surface area contributed by atoms with E-state index >= 15 is 0 Å². The largest absolute Gasteiger partial charge is 0.417 e. The number of anilines is 1. The first-order chi connectivity index (χ1) is 14.1. The molecule has 2 aromatic heterocycles. The number of hydrogen-bond donors (Lipinski definition) is 1. The van der Waals surface area contributed by atoms with Gasteiger partial charge in [-0.3, -0.25) is 9.78 Å². The molecule has 0 saturated carbocycles. The minimum Gasteiger partial charge on any atom is -0.383 e. The summed E-state index contributed by atoms with van der Waals surface area (Å²) in [5.74, 6) is 0.142.